The topological polar surface area (TPSA) is 35.6 Å². The lowest BCUT2D eigenvalue weighted by Gasteiger charge is -2.35. The molecular formula is C19H25Cl2N3O. The van der Waals surface area contributed by atoms with Crippen molar-refractivity contribution in [3.8, 4) is 0 Å². The molecule has 0 aromatic heterocycles. The zero-order chi connectivity index (χ0) is 17.6. The first-order valence-corrected chi connectivity index (χ1v) is 9.78. The first kappa shape index (κ1) is 18.6. The molecule has 0 unspecified atom stereocenters. The summed E-state index contributed by atoms with van der Waals surface area (Å²) in [5, 5.41) is 3.89. The van der Waals surface area contributed by atoms with Crippen molar-refractivity contribution in [1.82, 2.24) is 9.80 Å². The van der Waals surface area contributed by atoms with Gasteiger partial charge in [-0.05, 0) is 50.3 Å². The summed E-state index contributed by atoms with van der Waals surface area (Å²) in [6, 6.07) is 4.99. The molecule has 0 saturated carbocycles. The van der Waals surface area contributed by atoms with Crippen molar-refractivity contribution in [1.29, 1.82) is 0 Å². The Labute approximate surface area is 159 Å². The lowest BCUT2D eigenvalue weighted by molar-refractivity contribution is 0.148. The van der Waals surface area contributed by atoms with E-state index >= 15 is 0 Å². The monoisotopic (exact) mass is 381 g/mol. The molecule has 2 amide bonds. The number of nitrogens with zero attached hydrogens (tertiary/aromatic N) is 2. The second-order valence-electron chi connectivity index (χ2n) is 6.74. The van der Waals surface area contributed by atoms with Crippen LogP contribution in [0.3, 0.4) is 0 Å². The maximum Gasteiger partial charge on any atom is 0.321 e. The normalized spacial score (nSPS) is 18.8. The predicted octanol–water partition coefficient (Wildman–Crippen LogP) is 5.03. The number of nitrogens with one attached hydrogen (secondary N) is 1. The summed E-state index contributed by atoms with van der Waals surface area (Å²) in [5.74, 6) is 0. The van der Waals surface area contributed by atoms with E-state index in [2.05, 4.69) is 16.3 Å². The zero-order valence-electron chi connectivity index (χ0n) is 14.4. The Morgan fingerprint density at radius 3 is 2.60 bits per heavy atom. The lowest BCUT2D eigenvalue weighted by Crippen LogP contribution is -2.50. The molecular weight excluding hydrogens is 357 g/mol. The minimum atomic E-state index is -0.0983. The summed E-state index contributed by atoms with van der Waals surface area (Å²) in [6.07, 6.45) is 8.79. The zero-order valence-corrected chi connectivity index (χ0v) is 16.0. The molecule has 0 spiro atoms. The fourth-order valence-corrected chi connectivity index (χ4v) is 3.85. The van der Waals surface area contributed by atoms with E-state index in [1.807, 2.05) is 4.90 Å². The molecule has 4 nitrogen and oxygen atoms in total. The highest BCUT2D eigenvalue weighted by atomic mass is 35.5. The van der Waals surface area contributed by atoms with Crippen LogP contribution in [-0.2, 0) is 0 Å². The number of rotatable bonds is 4. The van der Waals surface area contributed by atoms with E-state index in [0.717, 1.165) is 32.7 Å². The van der Waals surface area contributed by atoms with Crippen LogP contribution in [-0.4, -0.2) is 48.6 Å². The highest BCUT2D eigenvalue weighted by Gasteiger charge is 2.21. The van der Waals surface area contributed by atoms with E-state index in [4.69, 9.17) is 23.2 Å². The van der Waals surface area contributed by atoms with E-state index < -0.39 is 0 Å². The number of hydrogen-bond acceptors (Lipinski definition) is 2. The lowest BCUT2D eigenvalue weighted by atomic mass is 9.97. The van der Waals surface area contributed by atoms with Gasteiger partial charge in [-0.2, -0.15) is 0 Å². The summed E-state index contributed by atoms with van der Waals surface area (Å²) >= 11 is 12.0. The first-order chi connectivity index (χ1) is 12.1. The molecule has 1 N–H and O–H groups in total. The van der Waals surface area contributed by atoms with Crippen LogP contribution >= 0.6 is 23.2 Å². The second kappa shape index (κ2) is 8.93. The molecule has 136 valence electrons. The van der Waals surface area contributed by atoms with Gasteiger partial charge in [0.2, 0.25) is 0 Å². The smallest absolute Gasteiger partial charge is 0.321 e. The molecule has 1 aliphatic carbocycles. The Morgan fingerprint density at radius 1 is 1.12 bits per heavy atom. The van der Waals surface area contributed by atoms with Crippen molar-refractivity contribution in [3.63, 3.8) is 0 Å². The molecule has 2 aliphatic rings. The van der Waals surface area contributed by atoms with Gasteiger partial charge in [0.1, 0.15) is 0 Å². The van der Waals surface area contributed by atoms with Crippen molar-refractivity contribution < 1.29 is 4.79 Å². The van der Waals surface area contributed by atoms with Crippen LogP contribution in [0.5, 0.6) is 0 Å². The predicted molar refractivity (Wildman–Crippen MR) is 105 cm³/mol. The van der Waals surface area contributed by atoms with Gasteiger partial charge in [-0.15, -0.1) is 0 Å². The van der Waals surface area contributed by atoms with Gasteiger partial charge in [0.15, 0.2) is 0 Å². The van der Waals surface area contributed by atoms with Crippen LogP contribution in [0.2, 0.25) is 10.0 Å². The summed E-state index contributed by atoms with van der Waals surface area (Å²) in [6.45, 7) is 4.45. The van der Waals surface area contributed by atoms with Crippen molar-refractivity contribution in [2.24, 2.45) is 0 Å². The first-order valence-electron chi connectivity index (χ1n) is 9.03. The molecule has 1 aromatic rings. The van der Waals surface area contributed by atoms with Gasteiger partial charge in [0.25, 0.3) is 0 Å². The Bertz CT molecular complexity index is 640. The maximum absolute atomic E-state index is 12.4. The highest BCUT2D eigenvalue weighted by molar-refractivity contribution is 6.36. The van der Waals surface area contributed by atoms with Gasteiger partial charge in [0, 0.05) is 37.7 Å². The number of benzene rings is 1. The maximum atomic E-state index is 12.4. The number of hydrogen-bond donors (Lipinski definition) is 1. The molecule has 1 aromatic carbocycles. The van der Waals surface area contributed by atoms with E-state index in [1.54, 1.807) is 23.8 Å². The molecule has 6 heteroatoms. The van der Waals surface area contributed by atoms with Gasteiger partial charge in [0.05, 0.1) is 10.7 Å². The van der Waals surface area contributed by atoms with Gasteiger partial charge in [-0.1, -0.05) is 34.9 Å². The fourth-order valence-electron chi connectivity index (χ4n) is 3.39. The average Bonchev–Trinajstić information content (AvgIpc) is 2.63. The third-order valence-corrected chi connectivity index (χ3v) is 5.51. The minimum Gasteiger partial charge on any atom is -0.322 e. The number of halogens is 2. The Balaban J connectivity index is 1.43. The van der Waals surface area contributed by atoms with Crippen LogP contribution in [0.4, 0.5) is 10.5 Å². The van der Waals surface area contributed by atoms with Crippen LogP contribution in [0.15, 0.2) is 29.8 Å². The van der Waals surface area contributed by atoms with E-state index in [0.29, 0.717) is 15.7 Å². The minimum absolute atomic E-state index is 0.0983. The van der Waals surface area contributed by atoms with Crippen LogP contribution in [0.25, 0.3) is 0 Å². The molecule has 0 bridgehead atoms. The second-order valence-corrected chi connectivity index (χ2v) is 7.58. The molecule has 25 heavy (non-hydrogen) atoms. The molecule has 1 aliphatic heterocycles. The number of urea groups is 1. The number of allylic oxidation sites excluding steroid dienone is 1. The molecule has 1 saturated heterocycles. The number of carbonyl (C=O) groups is 1. The molecule has 3 rings (SSSR count). The Kier molecular flexibility index (Phi) is 6.63. The van der Waals surface area contributed by atoms with Crippen LogP contribution in [0, 0.1) is 0 Å². The molecule has 1 fully saturated rings. The van der Waals surface area contributed by atoms with E-state index in [9.17, 15) is 4.79 Å². The summed E-state index contributed by atoms with van der Waals surface area (Å²) in [4.78, 5) is 16.7. The van der Waals surface area contributed by atoms with Gasteiger partial charge in [-0.25, -0.2) is 4.79 Å². The Hall–Kier alpha value is -1.23. The largest absolute Gasteiger partial charge is 0.322 e. The van der Waals surface area contributed by atoms with E-state index in [-0.39, 0.29) is 6.03 Å². The van der Waals surface area contributed by atoms with Crippen molar-refractivity contribution in [2.45, 2.75) is 32.1 Å². The third-order valence-electron chi connectivity index (χ3n) is 4.97. The van der Waals surface area contributed by atoms with Crippen molar-refractivity contribution >= 4 is 34.9 Å². The van der Waals surface area contributed by atoms with Crippen molar-refractivity contribution in [2.75, 3.05) is 38.0 Å². The average molecular weight is 382 g/mol. The number of piperazine rings is 1. The summed E-state index contributed by atoms with van der Waals surface area (Å²) in [5.41, 5.74) is 2.21. The Morgan fingerprint density at radius 2 is 1.92 bits per heavy atom. The van der Waals surface area contributed by atoms with Gasteiger partial charge in [-0.3, -0.25) is 4.90 Å². The van der Waals surface area contributed by atoms with Gasteiger partial charge < -0.3 is 10.2 Å². The van der Waals surface area contributed by atoms with Crippen molar-refractivity contribution in [3.05, 3.63) is 39.9 Å². The summed E-state index contributed by atoms with van der Waals surface area (Å²) in [7, 11) is 0. The molecule has 0 radical (unpaired) electrons. The van der Waals surface area contributed by atoms with Gasteiger partial charge >= 0.3 is 6.03 Å². The molecule has 0 atom stereocenters. The third kappa shape index (κ3) is 5.37. The molecule has 1 heterocycles. The quantitative estimate of drug-likeness (QED) is 0.741. The summed E-state index contributed by atoms with van der Waals surface area (Å²) < 4.78 is 0. The highest BCUT2D eigenvalue weighted by Crippen LogP contribution is 2.26. The number of carbonyl (C=O) groups excluding carboxylic acids is 1. The number of amides is 2. The van der Waals surface area contributed by atoms with Crippen LogP contribution in [0.1, 0.15) is 32.1 Å². The number of anilines is 1. The SMILES string of the molecule is O=C(Nc1ccc(Cl)cc1Cl)N1CCN(CCC2=CCCCC2)CC1. The fraction of sp³-hybridized carbons (Fsp3) is 0.526. The van der Waals surface area contributed by atoms with Crippen LogP contribution < -0.4 is 5.32 Å². The van der Waals surface area contributed by atoms with E-state index in [1.165, 1.54) is 32.1 Å². The standard InChI is InChI=1S/C19H25Cl2N3O/c20-16-6-7-18(17(21)14-16)22-19(25)24-12-10-23(11-13-24)9-8-15-4-2-1-3-5-15/h4,6-7,14H,1-3,5,8-13H2,(H,22,25).